The predicted molar refractivity (Wildman–Crippen MR) is 77.4 cm³/mol. The number of carbonyl (C=O) groups is 1. The number of aromatic amines is 1. The number of rotatable bonds is 3. The molecule has 106 valence electrons. The van der Waals surface area contributed by atoms with Crippen LogP contribution in [0.4, 0.5) is 5.69 Å². The Morgan fingerprint density at radius 3 is 2.95 bits per heavy atom. The van der Waals surface area contributed by atoms with Gasteiger partial charge in [0.1, 0.15) is 0 Å². The van der Waals surface area contributed by atoms with Gasteiger partial charge in [-0.2, -0.15) is 0 Å². The Kier molecular flexibility index (Phi) is 3.30. The molecule has 0 spiro atoms. The van der Waals surface area contributed by atoms with Crippen molar-refractivity contribution < 1.29 is 4.79 Å². The Morgan fingerprint density at radius 1 is 1.40 bits per heavy atom. The molecule has 2 heterocycles. The highest BCUT2D eigenvalue weighted by Crippen LogP contribution is 2.30. The number of carbonyl (C=O) groups excluding carboxylic acids is 1. The van der Waals surface area contributed by atoms with E-state index in [0.717, 1.165) is 11.8 Å². The van der Waals surface area contributed by atoms with Crippen molar-refractivity contribution in [2.45, 2.75) is 38.6 Å². The van der Waals surface area contributed by atoms with Gasteiger partial charge in [0.15, 0.2) is 11.3 Å². The van der Waals surface area contributed by atoms with Crippen molar-refractivity contribution in [3.8, 4) is 0 Å². The molecule has 0 radical (unpaired) electrons. The second-order valence-corrected chi connectivity index (χ2v) is 5.54. The van der Waals surface area contributed by atoms with Crippen LogP contribution in [0.2, 0.25) is 0 Å². The van der Waals surface area contributed by atoms with Crippen molar-refractivity contribution in [1.82, 2.24) is 15.2 Å². The Labute approximate surface area is 117 Å². The lowest BCUT2D eigenvalue weighted by atomic mass is 9.85. The Hall–Kier alpha value is -2.11. The van der Waals surface area contributed by atoms with Crippen LogP contribution in [0.3, 0.4) is 0 Å². The molecular formula is C14H19N5O. The largest absolute Gasteiger partial charge is 0.379 e. The maximum atomic E-state index is 11.6. The number of nitrogens with two attached hydrogens (primary N) is 1. The molecule has 1 aliphatic rings. The summed E-state index contributed by atoms with van der Waals surface area (Å²) in [6.45, 7) is 2.24. The summed E-state index contributed by atoms with van der Waals surface area (Å²) in [4.78, 5) is 14.6. The van der Waals surface area contributed by atoms with Crippen LogP contribution in [0.15, 0.2) is 12.3 Å². The monoisotopic (exact) mass is 273 g/mol. The maximum absolute atomic E-state index is 11.6. The van der Waals surface area contributed by atoms with Crippen LogP contribution < -0.4 is 11.1 Å². The fourth-order valence-corrected chi connectivity index (χ4v) is 2.96. The lowest BCUT2D eigenvalue weighted by Gasteiger charge is -2.30. The van der Waals surface area contributed by atoms with E-state index < -0.39 is 5.91 Å². The highest BCUT2D eigenvalue weighted by Gasteiger charge is 2.24. The topological polar surface area (TPSA) is 96.7 Å². The predicted octanol–water partition coefficient (Wildman–Crippen LogP) is 2.05. The first kappa shape index (κ1) is 12.9. The molecule has 2 aromatic heterocycles. The van der Waals surface area contributed by atoms with Gasteiger partial charge in [0.05, 0.1) is 5.69 Å². The second kappa shape index (κ2) is 5.11. The van der Waals surface area contributed by atoms with E-state index in [-0.39, 0.29) is 5.69 Å². The molecule has 2 atom stereocenters. The van der Waals surface area contributed by atoms with Crippen LogP contribution in [0.1, 0.15) is 43.1 Å². The number of H-pyrrole nitrogens is 1. The Bertz CT molecular complexity index is 636. The number of fused-ring (bicyclic) bond motifs is 1. The average molecular weight is 273 g/mol. The lowest BCUT2D eigenvalue weighted by molar-refractivity contribution is 0.0995. The molecule has 20 heavy (non-hydrogen) atoms. The highest BCUT2D eigenvalue weighted by molar-refractivity contribution is 6.04. The normalized spacial score (nSPS) is 22.9. The third-order valence-corrected chi connectivity index (χ3v) is 4.16. The fourth-order valence-electron chi connectivity index (χ4n) is 2.96. The second-order valence-electron chi connectivity index (χ2n) is 5.54. The van der Waals surface area contributed by atoms with Crippen LogP contribution in [0, 0.1) is 5.92 Å². The number of hydrogen-bond donors (Lipinski definition) is 3. The molecule has 6 heteroatoms. The van der Waals surface area contributed by atoms with Gasteiger partial charge in [-0.1, -0.05) is 19.8 Å². The molecule has 0 saturated heterocycles. The summed E-state index contributed by atoms with van der Waals surface area (Å²) >= 11 is 0. The molecular weight excluding hydrogens is 254 g/mol. The van der Waals surface area contributed by atoms with E-state index >= 15 is 0 Å². The third kappa shape index (κ3) is 2.21. The van der Waals surface area contributed by atoms with E-state index in [1.807, 2.05) is 6.07 Å². The van der Waals surface area contributed by atoms with Gasteiger partial charge in [0, 0.05) is 17.6 Å². The molecule has 0 aliphatic heterocycles. The van der Waals surface area contributed by atoms with Gasteiger partial charge < -0.3 is 16.0 Å². The molecule has 2 unspecified atom stereocenters. The number of primary amides is 1. The van der Waals surface area contributed by atoms with Gasteiger partial charge in [-0.05, 0) is 24.8 Å². The SMILES string of the molecule is CC1CCCCC1Nc1c(C(N)=O)nnc2[nH]ccc12. The molecule has 4 N–H and O–H groups in total. The third-order valence-electron chi connectivity index (χ3n) is 4.16. The summed E-state index contributed by atoms with van der Waals surface area (Å²) in [6.07, 6.45) is 6.59. The molecule has 0 aromatic carbocycles. The van der Waals surface area contributed by atoms with Crippen LogP contribution in [0.25, 0.3) is 11.0 Å². The number of nitrogens with zero attached hydrogens (tertiary/aromatic N) is 2. The quantitative estimate of drug-likeness (QED) is 0.797. The minimum atomic E-state index is -0.549. The van der Waals surface area contributed by atoms with E-state index in [1.165, 1.54) is 19.3 Å². The van der Waals surface area contributed by atoms with Crippen molar-refractivity contribution >= 4 is 22.6 Å². The fraction of sp³-hybridized carbons (Fsp3) is 0.500. The molecule has 2 aromatic rings. The average Bonchev–Trinajstić information content (AvgIpc) is 2.90. The zero-order valence-electron chi connectivity index (χ0n) is 11.5. The summed E-state index contributed by atoms with van der Waals surface area (Å²) in [5.74, 6) is 0.0261. The van der Waals surface area contributed by atoms with Gasteiger partial charge in [-0.15, -0.1) is 10.2 Å². The van der Waals surface area contributed by atoms with Crippen LogP contribution >= 0.6 is 0 Å². The van der Waals surface area contributed by atoms with E-state index in [4.69, 9.17) is 5.73 Å². The van der Waals surface area contributed by atoms with E-state index in [1.54, 1.807) is 6.20 Å². The van der Waals surface area contributed by atoms with Gasteiger partial charge in [-0.3, -0.25) is 4.79 Å². The molecule has 6 nitrogen and oxygen atoms in total. The molecule has 0 bridgehead atoms. The number of aromatic nitrogens is 3. The minimum Gasteiger partial charge on any atom is -0.379 e. The highest BCUT2D eigenvalue weighted by atomic mass is 16.1. The van der Waals surface area contributed by atoms with Gasteiger partial charge in [0.2, 0.25) is 0 Å². The lowest BCUT2D eigenvalue weighted by Crippen LogP contribution is -2.31. The molecule has 1 fully saturated rings. The number of anilines is 1. The van der Waals surface area contributed by atoms with Gasteiger partial charge >= 0.3 is 0 Å². The first-order valence-electron chi connectivity index (χ1n) is 7.07. The van der Waals surface area contributed by atoms with Crippen molar-refractivity contribution in [3.05, 3.63) is 18.0 Å². The first-order valence-corrected chi connectivity index (χ1v) is 7.07. The minimum absolute atomic E-state index is 0.217. The molecule has 3 rings (SSSR count). The van der Waals surface area contributed by atoms with Gasteiger partial charge in [-0.25, -0.2) is 0 Å². The number of amides is 1. The Balaban J connectivity index is 2.01. The maximum Gasteiger partial charge on any atom is 0.271 e. The van der Waals surface area contributed by atoms with Crippen molar-refractivity contribution in [3.63, 3.8) is 0 Å². The first-order chi connectivity index (χ1) is 9.66. The smallest absolute Gasteiger partial charge is 0.271 e. The van der Waals surface area contributed by atoms with Gasteiger partial charge in [0.25, 0.3) is 5.91 Å². The van der Waals surface area contributed by atoms with E-state index in [9.17, 15) is 4.79 Å². The summed E-state index contributed by atoms with van der Waals surface area (Å²) < 4.78 is 0. The Morgan fingerprint density at radius 2 is 2.20 bits per heavy atom. The molecule has 1 aliphatic carbocycles. The van der Waals surface area contributed by atoms with Crippen molar-refractivity contribution in [2.75, 3.05) is 5.32 Å². The zero-order valence-corrected chi connectivity index (χ0v) is 11.5. The van der Waals surface area contributed by atoms with Crippen molar-refractivity contribution in [1.29, 1.82) is 0 Å². The van der Waals surface area contributed by atoms with Crippen LogP contribution in [-0.2, 0) is 0 Å². The summed E-state index contributed by atoms with van der Waals surface area (Å²) in [6, 6.07) is 2.25. The van der Waals surface area contributed by atoms with Crippen molar-refractivity contribution in [2.24, 2.45) is 11.7 Å². The summed E-state index contributed by atoms with van der Waals surface area (Å²) in [7, 11) is 0. The van der Waals surface area contributed by atoms with E-state index in [0.29, 0.717) is 23.3 Å². The summed E-state index contributed by atoms with van der Waals surface area (Å²) in [5.41, 5.74) is 7.02. The molecule has 1 amide bonds. The number of hydrogen-bond acceptors (Lipinski definition) is 4. The standard InChI is InChI=1S/C14H19N5O/c1-8-4-2-3-5-10(8)17-11-9-6-7-16-14(9)19-18-12(11)13(15)20/h6-8,10H,2-5H2,1H3,(H2,15,20)(H2,16,17,19). The van der Waals surface area contributed by atoms with Crippen LogP contribution in [0.5, 0.6) is 0 Å². The van der Waals surface area contributed by atoms with E-state index in [2.05, 4.69) is 27.4 Å². The zero-order chi connectivity index (χ0) is 14.1. The van der Waals surface area contributed by atoms with Crippen LogP contribution in [-0.4, -0.2) is 27.1 Å². The summed E-state index contributed by atoms with van der Waals surface area (Å²) in [5, 5.41) is 12.3. The molecule has 1 saturated carbocycles. The number of nitrogens with one attached hydrogen (secondary N) is 2.